The number of aromatic nitrogens is 1. The molecular weight excluding hydrogens is 228 g/mol. The van der Waals surface area contributed by atoms with Crippen LogP contribution in [-0.4, -0.2) is 11.5 Å². The highest BCUT2D eigenvalue weighted by Crippen LogP contribution is 2.25. The number of hydrogen-bond acceptors (Lipinski definition) is 1. The first-order chi connectivity index (χ1) is 6.33. The molecule has 1 aromatic heterocycles. The van der Waals surface area contributed by atoms with Crippen LogP contribution in [0.5, 0.6) is 0 Å². The lowest BCUT2D eigenvalue weighted by Crippen LogP contribution is -2.01. The average Bonchev–Trinajstić information content (AvgIpc) is 2.51. The van der Waals surface area contributed by atoms with Gasteiger partial charge in [0, 0.05) is 16.1 Å². The van der Waals surface area contributed by atoms with Gasteiger partial charge in [0.1, 0.15) is 0 Å². The van der Waals surface area contributed by atoms with Gasteiger partial charge in [0.2, 0.25) is 0 Å². The maximum absolute atomic E-state index is 5.52. The van der Waals surface area contributed by atoms with Crippen molar-refractivity contribution in [1.82, 2.24) is 4.98 Å². The quantitative estimate of drug-likeness (QED) is 0.830. The van der Waals surface area contributed by atoms with Crippen molar-refractivity contribution in [2.45, 2.75) is 6.42 Å². The molecule has 1 aromatic carbocycles. The number of nitrogens with two attached hydrogens (primary N) is 1. The molecule has 0 fully saturated rings. The second-order valence-electron chi connectivity index (χ2n) is 3.01. The molecule has 2 nitrogen and oxygen atoms in total. The Morgan fingerprint density at radius 1 is 1.38 bits per heavy atom. The summed E-state index contributed by atoms with van der Waals surface area (Å²) < 4.78 is 1.10. The Balaban J connectivity index is 2.61. The Kier molecular flexibility index (Phi) is 2.38. The molecule has 3 heteroatoms. The molecule has 0 amide bonds. The normalized spacial score (nSPS) is 10.9. The molecule has 0 bridgehead atoms. The zero-order chi connectivity index (χ0) is 9.26. The van der Waals surface area contributed by atoms with E-state index >= 15 is 0 Å². The van der Waals surface area contributed by atoms with E-state index in [1.807, 2.05) is 18.3 Å². The van der Waals surface area contributed by atoms with Gasteiger partial charge in [-0.3, -0.25) is 0 Å². The van der Waals surface area contributed by atoms with E-state index in [9.17, 15) is 0 Å². The van der Waals surface area contributed by atoms with Crippen molar-refractivity contribution in [3.05, 3.63) is 34.4 Å². The smallest absolute Gasteiger partial charge is 0.0601 e. The number of nitrogens with one attached hydrogen (secondary N) is 1. The molecular formula is C10H11BrN2. The van der Waals surface area contributed by atoms with Gasteiger partial charge in [-0.2, -0.15) is 0 Å². The van der Waals surface area contributed by atoms with Crippen LogP contribution in [0.15, 0.2) is 28.9 Å². The lowest BCUT2D eigenvalue weighted by molar-refractivity contribution is 0.976. The van der Waals surface area contributed by atoms with Gasteiger partial charge < -0.3 is 10.7 Å². The molecule has 0 saturated carbocycles. The maximum atomic E-state index is 5.52. The summed E-state index contributed by atoms with van der Waals surface area (Å²) in [6.45, 7) is 0.694. The maximum Gasteiger partial charge on any atom is 0.0601 e. The standard InChI is InChI=1S/C10H11BrN2/c11-9-3-1-2-8-7(4-5-12)6-13-10(8)9/h1-3,6,13H,4-5,12H2. The third kappa shape index (κ3) is 1.49. The van der Waals surface area contributed by atoms with Gasteiger partial charge in [0.05, 0.1) is 5.52 Å². The fourth-order valence-corrected chi connectivity index (χ4v) is 2.02. The van der Waals surface area contributed by atoms with E-state index in [2.05, 4.69) is 27.0 Å². The lowest BCUT2D eigenvalue weighted by Gasteiger charge is -1.96. The number of fused-ring (bicyclic) bond motifs is 1. The second-order valence-corrected chi connectivity index (χ2v) is 3.87. The monoisotopic (exact) mass is 238 g/mol. The molecule has 0 aliphatic rings. The molecule has 13 heavy (non-hydrogen) atoms. The predicted molar refractivity (Wildman–Crippen MR) is 58.8 cm³/mol. The van der Waals surface area contributed by atoms with Crippen LogP contribution < -0.4 is 5.73 Å². The molecule has 2 aromatic rings. The van der Waals surface area contributed by atoms with E-state index in [4.69, 9.17) is 5.73 Å². The number of para-hydroxylation sites is 1. The number of halogens is 1. The summed E-state index contributed by atoms with van der Waals surface area (Å²) >= 11 is 3.50. The van der Waals surface area contributed by atoms with E-state index in [1.165, 1.54) is 10.9 Å². The highest BCUT2D eigenvalue weighted by molar-refractivity contribution is 9.10. The summed E-state index contributed by atoms with van der Waals surface area (Å²) in [6.07, 6.45) is 2.96. The molecule has 3 N–H and O–H groups in total. The fraction of sp³-hybridized carbons (Fsp3) is 0.200. The fourth-order valence-electron chi connectivity index (χ4n) is 1.54. The van der Waals surface area contributed by atoms with E-state index < -0.39 is 0 Å². The Labute approximate surface area is 85.3 Å². The van der Waals surface area contributed by atoms with Gasteiger partial charge in [-0.15, -0.1) is 0 Å². The van der Waals surface area contributed by atoms with E-state index in [1.54, 1.807) is 0 Å². The summed E-state index contributed by atoms with van der Waals surface area (Å²) in [5, 5.41) is 1.26. The summed E-state index contributed by atoms with van der Waals surface area (Å²) in [6, 6.07) is 6.19. The van der Waals surface area contributed by atoms with Crippen LogP contribution in [-0.2, 0) is 6.42 Å². The Morgan fingerprint density at radius 3 is 3.00 bits per heavy atom. The topological polar surface area (TPSA) is 41.8 Å². The molecule has 0 aliphatic heterocycles. The Bertz CT molecular complexity index is 420. The van der Waals surface area contributed by atoms with Crippen molar-refractivity contribution in [3.8, 4) is 0 Å². The van der Waals surface area contributed by atoms with Crippen LogP contribution in [0.25, 0.3) is 10.9 Å². The first kappa shape index (κ1) is 8.78. The molecule has 0 atom stereocenters. The highest BCUT2D eigenvalue weighted by Gasteiger charge is 2.04. The van der Waals surface area contributed by atoms with Crippen molar-refractivity contribution >= 4 is 26.8 Å². The van der Waals surface area contributed by atoms with Gasteiger partial charge in [0.25, 0.3) is 0 Å². The molecule has 0 spiro atoms. The van der Waals surface area contributed by atoms with Crippen molar-refractivity contribution < 1.29 is 0 Å². The minimum Gasteiger partial charge on any atom is -0.360 e. The minimum atomic E-state index is 0.694. The summed E-state index contributed by atoms with van der Waals surface area (Å²) in [4.78, 5) is 3.24. The van der Waals surface area contributed by atoms with Gasteiger partial charge >= 0.3 is 0 Å². The Morgan fingerprint density at radius 2 is 2.23 bits per heavy atom. The van der Waals surface area contributed by atoms with Crippen molar-refractivity contribution in [2.24, 2.45) is 5.73 Å². The summed E-state index contributed by atoms with van der Waals surface area (Å²) in [5.41, 5.74) is 7.97. The van der Waals surface area contributed by atoms with Crippen LogP contribution in [0.1, 0.15) is 5.56 Å². The minimum absolute atomic E-state index is 0.694. The number of hydrogen-bond donors (Lipinski definition) is 2. The number of benzene rings is 1. The SMILES string of the molecule is NCCc1c[nH]c2c(Br)cccc12. The molecule has 0 saturated heterocycles. The first-order valence-corrected chi connectivity index (χ1v) is 5.07. The van der Waals surface area contributed by atoms with Gasteiger partial charge in [-0.05, 0) is 40.5 Å². The molecule has 1 heterocycles. The number of H-pyrrole nitrogens is 1. The average molecular weight is 239 g/mol. The van der Waals surface area contributed by atoms with E-state index in [0.717, 1.165) is 16.4 Å². The first-order valence-electron chi connectivity index (χ1n) is 4.27. The van der Waals surface area contributed by atoms with Crippen molar-refractivity contribution in [2.75, 3.05) is 6.54 Å². The second kappa shape index (κ2) is 3.52. The van der Waals surface area contributed by atoms with E-state index in [0.29, 0.717) is 6.54 Å². The van der Waals surface area contributed by atoms with Crippen LogP contribution in [0.4, 0.5) is 0 Å². The number of aromatic amines is 1. The van der Waals surface area contributed by atoms with Gasteiger partial charge in [-0.1, -0.05) is 12.1 Å². The van der Waals surface area contributed by atoms with Crippen LogP contribution >= 0.6 is 15.9 Å². The Hall–Kier alpha value is -0.800. The van der Waals surface area contributed by atoms with Gasteiger partial charge in [-0.25, -0.2) is 0 Å². The third-order valence-corrected chi connectivity index (χ3v) is 2.82. The van der Waals surface area contributed by atoms with Crippen LogP contribution in [0.2, 0.25) is 0 Å². The largest absolute Gasteiger partial charge is 0.360 e. The molecule has 68 valence electrons. The summed E-state index contributed by atoms with van der Waals surface area (Å²) in [5.74, 6) is 0. The van der Waals surface area contributed by atoms with E-state index in [-0.39, 0.29) is 0 Å². The highest BCUT2D eigenvalue weighted by atomic mass is 79.9. The third-order valence-electron chi connectivity index (χ3n) is 2.16. The van der Waals surface area contributed by atoms with Crippen LogP contribution in [0, 0.1) is 0 Å². The zero-order valence-electron chi connectivity index (χ0n) is 7.18. The molecule has 0 radical (unpaired) electrons. The summed E-state index contributed by atoms with van der Waals surface area (Å²) in [7, 11) is 0. The van der Waals surface area contributed by atoms with Crippen molar-refractivity contribution in [3.63, 3.8) is 0 Å². The zero-order valence-corrected chi connectivity index (χ0v) is 8.76. The van der Waals surface area contributed by atoms with Gasteiger partial charge in [0.15, 0.2) is 0 Å². The predicted octanol–water partition coefficient (Wildman–Crippen LogP) is 2.43. The molecule has 0 aliphatic carbocycles. The van der Waals surface area contributed by atoms with Crippen LogP contribution in [0.3, 0.4) is 0 Å². The van der Waals surface area contributed by atoms with Crippen molar-refractivity contribution in [1.29, 1.82) is 0 Å². The molecule has 0 unspecified atom stereocenters. The molecule has 2 rings (SSSR count). The lowest BCUT2D eigenvalue weighted by atomic mass is 10.1. The number of rotatable bonds is 2.